The van der Waals surface area contributed by atoms with Gasteiger partial charge in [-0.25, -0.2) is 0 Å². The minimum absolute atomic E-state index is 0.0320. The number of nitrogens with zero attached hydrogens (tertiary/aromatic N) is 3. The molecule has 0 aliphatic carbocycles. The number of carbonyl (C=O) groups excluding carboxylic acids is 2. The maximum Gasteiger partial charge on any atom is 0.296 e. The number of anilines is 1. The molecule has 5 aromatic rings. The number of thioether (sulfide) groups is 1. The number of ketones is 1. The van der Waals surface area contributed by atoms with Crippen molar-refractivity contribution in [3.05, 3.63) is 107 Å². The van der Waals surface area contributed by atoms with Gasteiger partial charge in [0.1, 0.15) is 5.75 Å². The molecule has 1 aliphatic rings. The van der Waals surface area contributed by atoms with E-state index in [1.165, 1.54) is 35.1 Å². The summed E-state index contributed by atoms with van der Waals surface area (Å²) in [7, 11) is 1.51. The number of aliphatic hydroxyl groups excluding tert-OH is 1. The fourth-order valence-corrected chi connectivity index (χ4v) is 6.69. The van der Waals surface area contributed by atoms with Crippen LogP contribution in [0.3, 0.4) is 0 Å². The molecule has 1 N–H and O–H groups in total. The summed E-state index contributed by atoms with van der Waals surface area (Å²) in [5, 5.41) is 20.7. The number of carbonyl (C=O) groups is 2. The van der Waals surface area contributed by atoms with Crippen molar-refractivity contribution in [2.24, 2.45) is 0 Å². The van der Waals surface area contributed by atoms with E-state index in [2.05, 4.69) is 10.2 Å². The molecule has 218 valence electrons. The third-order valence-electron chi connectivity index (χ3n) is 6.86. The van der Waals surface area contributed by atoms with Gasteiger partial charge in [0, 0.05) is 11.1 Å². The Morgan fingerprint density at radius 2 is 1.88 bits per heavy atom. The largest absolute Gasteiger partial charge is 0.503 e. The van der Waals surface area contributed by atoms with Crippen LogP contribution in [0.4, 0.5) is 5.13 Å². The number of ether oxygens (including phenoxy) is 2. The molecule has 43 heavy (non-hydrogen) atoms. The van der Waals surface area contributed by atoms with Crippen molar-refractivity contribution in [2.75, 3.05) is 18.6 Å². The number of para-hydroxylation sites is 1. The van der Waals surface area contributed by atoms with Crippen LogP contribution in [-0.4, -0.2) is 40.7 Å². The lowest BCUT2D eigenvalue weighted by molar-refractivity contribution is -0.117. The fraction of sp³-hybridized carbons (Fsp3) is 0.188. The molecule has 9 nitrogen and oxygen atoms in total. The third kappa shape index (κ3) is 5.61. The van der Waals surface area contributed by atoms with Gasteiger partial charge in [0.15, 0.2) is 27.2 Å². The van der Waals surface area contributed by atoms with E-state index in [1.54, 1.807) is 48.5 Å². The van der Waals surface area contributed by atoms with E-state index in [4.69, 9.17) is 13.9 Å². The minimum Gasteiger partial charge on any atom is -0.503 e. The normalized spacial score (nSPS) is 15.0. The number of benzene rings is 3. The molecule has 1 unspecified atom stereocenters. The van der Waals surface area contributed by atoms with Crippen molar-refractivity contribution in [1.82, 2.24) is 10.2 Å². The molecule has 0 spiro atoms. The van der Waals surface area contributed by atoms with Gasteiger partial charge in [-0.05, 0) is 41.8 Å². The average Bonchev–Trinajstić information content (AvgIpc) is 3.75. The first kappa shape index (κ1) is 28.5. The van der Waals surface area contributed by atoms with Gasteiger partial charge in [-0.2, -0.15) is 0 Å². The zero-order chi connectivity index (χ0) is 29.9. The van der Waals surface area contributed by atoms with Gasteiger partial charge in [-0.15, -0.1) is 10.2 Å². The highest BCUT2D eigenvalue weighted by Crippen LogP contribution is 2.45. The van der Waals surface area contributed by atoms with E-state index >= 15 is 0 Å². The molecule has 1 amide bonds. The Hall–Kier alpha value is -4.61. The highest BCUT2D eigenvalue weighted by molar-refractivity contribution is 8.00. The summed E-state index contributed by atoms with van der Waals surface area (Å²) in [6, 6.07) is 23.0. The molecule has 0 radical (unpaired) electrons. The number of methoxy groups -OCH3 is 1. The lowest BCUT2D eigenvalue weighted by Gasteiger charge is -2.24. The van der Waals surface area contributed by atoms with E-state index in [9.17, 15) is 14.7 Å². The predicted molar refractivity (Wildman–Crippen MR) is 165 cm³/mol. The number of aromatic nitrogens is 2. The van der Waals surface area contributed by atoms with Crippen molar-refractivity contribution >= 4 is 50.9 Å². The monoisotopic (exact) mass is 613 g/mol. The Balaban J connectivity index is 1.39. The van der Waals surface area contributed by atoms with E-state index in [-0.39, 0.29) is 16.5 Å². The van der Waals surface area contributed by atoms with E-state index < -0.39 is 23.5 Å². The third-order valence-corrected chi connectivity index (χ3v) is 8.99. The van der Waals surface area contributed by atoms with Crippen LogP contribution in [0, 0.1) is 0 Å². The smallest absolute Gasteiger partial charge is 0.296 e. The summed E-state index contributed by atoms with van der Waals surface area (Å²) < 4.78 is 17.8. The molecule has 0 bridgehead atoms. The summed E-state index contributed by atoms with van der Waals surface area (Å²) in [5.74, 6) is -0.365. The van der Waals surface area contributed by atoms with Crippen LogP contribution in [0.5, 0.6) is 11.5 Å². The van der Waals surface area contributed by atoms with Crippen molar-refractivity contribution < 1.29 is 28.6 Å². The van der Waals surface area contributed by atoms with E-state index in [0.29, 0.717) is 44.7 Å². The van der Waals surface area contributed by atoms with Gasteiger partial charge in [0.2, 0.25) is 10.9 Å². The number of aliphatic hydroxyl groups is 1. The van der Waals surface area contributed by atoms with Crippen LogP contribution >= 0.6 is 23.1 Å². The summed E-state index contributed by atoms with van der Waals surface area (Å²) in [5.41, 5.74) is 1.96. The second-order valence-corrected chi connectivity index (χ2v) is 11.9. The fourth-order valence-electron chi connectivity index (χ4n) is 4.86. The highest BCUT2D eigenvalue weighted by atomic mass is 32.2. The highest BCUT2D eigenvalue weighted by Gasteiger charge is 2.47. The molecule has 0 saturated heterocycles. The Morgan fingerprint density at radius 1 is 1.07 bits per heavy atom. The number of Topliss-reactive ketones (excluding diaryl/α,β-unsaturated/α-hetero) is 1. The van der Waals surface area contributed by atoms with Crippen LogP contribution < -0.4 is 14.4 Å². The molecule has 0 saturated carbocycles. The molecule has 0 fully saturated rings. The van der Waals surface area contributed by atoms with Crippen molar-refractivity contribution in [3.63, 3.8) is 0 Å². The van der Waals surface area contributed by atoms with Gasteiger partial charge in [0.05, 0.1) is 25.3 Å². The maximum absolute atomic E-state index is 14.1. The van der Waals surface area contributed by atoms with Crippen LogP contribution in [0.2, 0.25) is 0 Å². The summed E-state index contributed by atoms with van der Waals surface area (Å²) >= 11 is 2.71. The molecule has 3 aromatic carbocycles. The van der Waals surface area contributed by atoms with Gasteiger partial charge >= 0.3 is 0 Å². The molecular weight excluding hydrogens is 587 g/mol. The number of fused-ring (bicyclic) bond motifs is 1. The second kappa shape index (κ2) is 12.3. The van der Waals surface area contributed by atoms with Gasteiger partial charge in [-0.1, -0.05) is 84.6 Å². The summed E-state index contributed by atoms with van der Waals surface area (Å²) in [6.45, 7) is 2.51. The first-order valence-corrected chi connectivity index (χ1v) is 15.4. The van der Waals surface area contributed by atoms with Crippen LogP contribution in [0.1, 0.15) is 41.1 Å². The zero-order valence-corrected chi connectivity index (χ0v) is 25.0. The summed E-state index contributed by atoms with van der Waals surface area (Å²) in [4.78, 5) is 29.0. The SMILES string of the molecule is CCCOc1cccc(C2C(C(=O)c3cc4cccc(OC)c4o3)=C(O)C(=O)N2c2nnc(SCc3ccccc3)s2)c1. The number of rotatable bonds is 11. The van der Waals surface area contributed by atoms with Gasteiger partial charge in [-0.3, -0.25) is 14.5 Å². The van der Waals surface area contributed by atoms with Crippen molar-refractivity contribution in [3.8, 4) is 11.5 Å². The summed E-state index contributed by atoms with van der Waals surface area (Å²) in [6.07, 6.45) is 0.812. The van der Waals surface area contributed by atoms with Crippen molar-refractivity contribution in [2.45, 2.75) is 29.5 Å². The van der Waals surface area contributed by atoms with Crippen LogP contribution in [-0.2, 0) is 10.5 Å². The molecule has 2 aromatic heterocycles. The number of furan rings is 1. The quantitative estimate of drug-likeness (QED) is 0.0941. The second-order valence-electron chi connectivity index (χ2n) is 9.70. The Labute approximate surface area is 255 Å². The Morgan fingerprint density at radius 3 is 2.67 bits per heavy atom. The standard InChI is InChI=1S/C32H27N3O6S2/c1-3-15-40-22-13-7-11-20(16-22)26-25(27(36)24-17-21-12-8-14-23(39-2)29(21)41-24)28(37)30(38)35(26)31-33-34-32(43-31)42-18-19-9-5-4-6-10-19/h4-14,16-17,26,37H,3,15,18H2,1-2H3. The molecule has 1 atom stereocenters. The molecular formula is C32H27N3O6S2. The van der Waals surface area contributed by atoms with Gasteiger partial charge < -0.3 is 19.0 Å². The van der Waals surface area contributed by atoms with E-state index in [1.807, 2.05) is 37.3 Å². The number of amides is 1. The Bertz CT molecular complexity index is 1830. The first-order valence-electron chi connectivity index (χ1n) is 13.6. The first-order chi connectivity index (χ1) is 21.0. The average molecular weight is 614 g/mol. The molecule has 3 heterocycles. The molecule has 11 heteroatoms. The zero-order valence-electron chi connectivity index (χ0n) is 23.4. The number of hydrogen-bond acceptors (Lipinski definition) is 10. The lowest BCUT2D eigenvalue weighted by atomic mass is 9.95. The van der Waals surface area contributed by atoms with Gasteiger partial charge in [0.25, 0.3) is 5.91 Å². The maximum atomic E-state index is 14.1. The van der Waals surface area contributed by atoms with Crippen molar-refractivity contribution in [1.29, 1.82) is 0 Å². The molecule has 1 aliphatic heterocycles. The lowest BCUT2D eigenvalue weighted by Crippen LogP contribution is -2.31. The van der Waals surface area contributed by atoms with Crippen LogP contribution in [0.15, 0.2) is 99.0 Å². The molecule has 6 rings (SSSR count). The number of hydrogen-bond donors (Lipinski definition) is 1. The van der Waals surface area contributed by atoms with E-state index in [0.717, 1.165) is 12.0 Å². The minimum atomic E-state index is -1.000. The predicted octanol–water partition coefficient (Wildman–Crippen LogP) is 7.16. The van der Waals surface area contributed by atoms with Crippen LogP contribution in [0.25, 0.3) is 11.0 Å². The Kier molecular flexibility index (Phi) is 8.17. The topological polar surface area (TPSA) is 115 Å².